The van der Waals surface area contributed by atoms with Gasteiger partial charge in [0.25, 0.3) is 0 Å². The lowest BCUT2D eigenvalue weighted by Gasteiger charge is -2.39. The van der Waals surface area contributed by atoms with Crippen LogP contribution in [0.3, 0.4) is 0 Å². The zero-order valence-electron chi connectivity index (χ0n) is 15.4. The average molecular weight is 324 g/mol. The van der Waals surface area contributed by atoms with Gasteiger partial charge in [-0.25, -0.2) is 0 Å². The van der Waals surface area contributed by atoms with Crippen LogP contribution in [0.1, 0.15) is 54.4 Å². The monoisotopic (exact) mass is 324 g/mol. The third-order valence-corrected chi connectivity index (χ3v) is 5.81. The first-order valence-electron chi connectivity index (χ1n) is 9.04. The third-order valence-electron chi connectivity index (χ3n) is 5.81. The van der Waals surface area contributed by atoms with Crippen LogP contribution in [0.4, 0.5) is 0 Å². The van der Waals surface area contributed by atoms with Crippen LogP contribution >= 0.6 is 0 Å². The molecule has 4 atom stereocenters. The molecule has 4 nitrogen and oxygen atoms in total. The minimum atomic E-state index is -1.07. The molecule has 0 amide bonds. The fourth-order valence-electron chi connectivity index (χ4n) is 4.33. The maximum absolute atomic E-state index is 12.9. The molecule has 23 heavy (non-hydrogen) atoms. The van der Waals surface area contributed by atoms with Crippen LogP contribution in [-0.2, 0) is 19.1 Å². The molecule has 2 aliphatic rings. The summed E-state index contributed by atoms with van der Waals surface area (Å²) in [7, 11) is 0. The molecule has 0 aromatic carbocycles. The number of hydrogen-bond donors (Lipinski definition) is 0. The van der Waals surface area contributed by atoms with Crippen molar-refractivity contribution in [2.24, 2.45) is 40.9 Å². The Bertz CT molecular complexity index is 428. The zero-order chi connectivity index (χ0) is 17.4. The van der Waals surface area contributed by atoms with Crippen LogP contribution in [0.5, 0.6) is 0 Å². The van der Waals surface area contributed by atoms with Crippen LogP contribution in [0.25, 0.3) is 0 Å². The molecule has 0 heterocycles. The largest absolute Gasteiger partial charge is 0.465 e. The zero-order valence-corrected chi connectivity index (χ0v) is 15.4. The molecule has 2 aliphatic carbocycles. The molecule has 2 fully saturated rings. The maximum Gasteiger partial charge on any atom is 0.323 e. The lowest BCUT2D eigenvalue weighted by molar-refractivity contribution is -0.181. The predicted molar refractivity (Wildman–Crippen MR) is 88.6 cm³/mol. The summed E-state index contributed by atoms with van der Waals surface area (Å²) in [5.74, 6) is 1.21. The quantitative estimate of drug-likeness (QED) is 0.552. The molecule has 2 rings (SSSR count). The molecule has 4 unspecified atom stereocenters. The molecular formula is C19H32O4. The van der Waals surface area contributed by atoms with Gasteiger partial charge in [0, 0.05) is 0 Å². The van der Waals surface area contributed by atoms with Crippen molar-refractivity contribution in [3.63, 3.8) is 0 Å². The van der Waals surface area contributed by atoms with E-state index in [4.69, 9.17) is 9.47 Å². The standard InChI is InChI=1S/C19H32O4/c1-11(2)9-22-17(20)19(18(21)23-10-12(3)4)8-15-7-16(19)14(6)13(15)5/h11-16H,7-10H2,1-6H3. The summed E-state index contributed by atoms with van der Waals surface area (Å²) < 4.78 is 11.0. The number of fused-ring (bicyclic) bond motifs is 2. The Morgan fingerprint density at radius 3 is 1.78 bits per heavy atom. The van der Waals surface area contributed by atoms with Gasteiger partial charge < -0.3 is 9.47 Å². The molecule has 0 saturated heterocycles. The van der Waals surface area contributed by atoms with E-state index in [2.05, 4.69) is 13.8 Å². The van der Waals surface area contributed by atoms with Crippen LogP contribution in [0.15, 0.2) is 0 Å². The van der Waals surface area contributed by atoms with Crippen LogP contribution in [0, 0.1) is 40.9 Å². The second-order valence-corrected chi connectivity index (χ2v) is 8.48. The molecule has 0 spiro atoms. The second-order valence-electron chi connectivity index (χ2n) is 8.48. The van der Waals surface area contributed by atoms with Crippen molar-refractivity contribution in [2.45, 2.75) is 54.4 Å². The van der Waals surface area contributed by atoms with Gasteiger partial charge in [0.2, 0.25) is 0 Å². The highest BCUT2D eigenvalue weighted by Crippen LogP contribution is 2.62. The van der Waals surface area contributed by atoms with E-state index in [0.717, 1.165) is 6.42 Å². The molecule has 0 aromatic rings. The van der Waals surface area contributed by atoms with Crippen LogP contribution < -0.4 is 0 Å². The first-order chi connectivity index (χ1) is 10.7. The van der Waals surface area contributed by atoms with E-state index in [0.29, 0.717) is 37.4 Å². The molecule has 4 heteroatoms. The Labute approximate surface area is 140 Å². The number of carbonyl (C=O) groups excluding carboxylic acids is 2. The highest BCUT2D eigenvalue weighted by Gasteiger charge is 2.66. The fraction of sp³-hybridized carbons (Fsp3) is 0.895. The SMILES string of the molecule is CC(C)COC(=O)C1(C(=O)OCC(C)C)CC2CC1C(C)C2C. The van der Waals surface area contributed by atoms with Crippen molar-refractivity contribution in [3.8, 4) is 0 Å². The minimum Gasteiger partial charge on any atom is -0.465 e. The molecule has 0 aromatic heterocycles. The summed E-state index contributed by atoms with van der Waals surface area (Å²) >= 11 is 0. The molecule has 0 N–H and O–H groups in total. The van der Waals surface area contributed by atoms with Gasteiger partial charge in [-0.05, 0) is 48.3 Å². The van der Waals surface area contributed by atoms with E-state index in [-0.39, 0.29) is 29.7 Å². The van der Waals surface area contributed by atoms with E-state index in [9.17, 15) is 9.59 Å². The molecule has 2 bridgehead atoms. The first-order valence-corrected chi connectivity index (χ1v) is 9.04. The van der Waals surface area contributed by atoms with E-state index in [1.807, 2.05) is 27.7 Å². The number of rotatable bonds is 6. The van der Waals surface area contributed by atoms with Gasteiger partial charge in [0.05, 0.1) is 13.2 Å². The van der Waals surface area contributed by atoms with Gasteiger partial charge in [-0.1, -0.05) is 41.5 Å². The Balaban J connectivity index is 2.22. The van der Waals surface area contributed by atoms with Gasteiger partial charge in [-0.15, -0.1) is 0 Å². The average Bonchev–Trinajstić information content (AvgIpc) is 3.00. The van der Waals surface area contributed by atoms with Crippen molar-refractivity contribution in [3.05, 3.63) is 0 Å². The summed E-state index contributed by atoms with van der Waals surface area (Å²) in [5.41, 5.74) is -1.07. The second kappa shape index (κ2) is 6.82. The minimum absolute atomic E-state index is 0.0572. The smallest absolute Gasteiger partial charge is 0.323 e. The molecule has 2 saturated carbocycles. The molecule has 0 radical (unpaired) electrons. The van der Waals surface area contributed by atoms with E-state index < -0.39 is 5.41 Å². The van der Waals surface area contributed by atoms with Gasteiger partial charge in [-0.2, -0.15) is 0 Å². The Morgan fingerprint density at radius 1 is 0.957 bits per heavy atom. The van der Waals surface area contributed by atoms with E-state index >= 15 is 0 Å². The Hall–Kier alpha value is -1.06. The van der Waals surface area contributed by atoms with Crippen molar-refractivity contribution in [2.75, 3.05) is 13.2 Å². The molecular weight excluding hydrogens is 292 g/mol. The molecule has 132 valence electrons. The summed E-state index contributed by atoms with van der Waals surface area (Å²) in [6, 6.07) is 0. The number of hydrogen-bond acceptors (Lipinski definition) is 4. The normalized spacial score (nSPS) is 31.7. The van der Waals surface area contributed by atoms with Crippen LogP contribution in [-0.4, -0.2) is 25.2 Å². The lowest BCUT2D eigenvalue weighted by atomic mass is 9.65. The third kappa shape index (κ3) is 3.27. The van der Waals surface area contributed by atoms with Gasteiger partial charge in [-0.3, -0.25) is 9.59 Å². The number of ether oxygens (including phenoxy) is 2. The van der Waals surface area contributed by atoms with Crippen molar-refractivity contribution < 1.29 is 19.1 Å². The predicted octanol–water partition coefficient (Wildman–Crippen LogP) is 3.68. The summed E-state index contributed by atoms with van der Waals surface area (Å²) in [4.78, 5) is 25.8. The summed E-state index contributed by atoms with van der Waals surface area (Å²) in [6.45, 7) is 13.1. The topological polar surface area (TPSA) is 52.6 Å². The van der Waals surface area contributed by atoms with E-state index in [1.165, 1.54) is 0 Å². The highest BCUT2D eigenvalue weighted by atomic mass is 16.6. The van der Waals surface area contributed by atoms with Gasteiger partial charge in [0.1, 0.15) is 0 Å². The first kappa shape index (κ1) is 18.3. The molecule has 0 aliphatic heterocycles. The summed E-state index contributed by atoms with van der Waals surface area (Å²) in [5, 5.41) is 0. The Kier molecular flexibility index (Phi) is 5.42. The number of esters is 2. The van der Waals surface area contributed by atoms with Crippen molar-refractivity contribution >= 4 is 11.9 Å². The maximum atomic E-state index is 12.9. The van der Waals surface area contributed by atoms with Crippen molar-refractivity contribution in [1.82, 2.24) is 0 Å². The Morgan fingerprint density at radius 2 is 1.43 bits per heavy atom. The van der Waals surface area contributed by atoms with Crippen LogP contribution in [0.2, 0.25) is 0 Å². The van der Waals surface area contributed by atoms with Gasteiger partial charge in [0.15, 0.2) is 5.41 Å². The van der Waals surface area contributed by atoms with Gasteiger partial charge >= 0.3 is 11.9 Å². The lowest BCUT2D eigenvalue weighted by Crippen LogP contribution is -2.50. The fourth-order valence-corrected chi connectivity index (χ4v) is 4.33. The van der Waals surface area contributed by atoms with E-state index in [1.54, 1.807) is 0 Å². The van der Waals surface area contributed by atoms with Crippen molar-refractivity contribution in [1.29, 1.82) is 0 Å². The number of carbonyl (C=O) groups is 2. The summed E-state index contributed by atoms with van der Waals surface area (Å²) in [6.07, 6.45) is 1.53. The highest BCUT2D eigenvalue weighted by molar-refractivity contribution is 6.01.